The summed E-state index contributed by atoms with van der Waals surface area (Å²) >= 11 is 3.48. The minimum Gasteiger partial charge on any atom is -0.390 e. The molecular weight excluding hydrogens is 242 g/mol. The van der Waals surface area contributed by atoms with Gasteiger partial charge in [-0.15, -0.1) is 0 Å². The minimum atomic E-state index is -0.593. The van der Waals surface area contributed by atoms with Crippen LogP contribution in [0.2, 0.25) is 0 Å². The first-order chi connectivity index (χ1) is 6.43. The fourth-order valence-electron chi connectivity index (χ4n) is 2.36. The number of benzene rings is 1. The van der Waals surface area contributed by atoms with Gasteiger partial charge in [0, 0.05) is 10.0 Å². The van der Waals surface area contributed by atoms with Crippen molar-refractivity contribution in [3.8, 4) is 0 Å². The van der Waals surface area contributed by atoms with Crippen LogP contribution in [0.1, 0.15) is 25.3 Å². The van der Waals surface area contributed by atoms with Crippen molar-refractivity contribution in [2.75, 3.05) is 0 Å². The molecule has 0 aromatic heterocycles. The summed E-state index contributed by atoms with van der Waals surface area (Å²) in [7, 11) is 0. The van der Waals surface area contributed by atoms with E-state index in [0.717, 1.165) is 10.0 Å². The number of nitrogens with two attached hydrogens (primary N) is 1. The van der Waals surface area contributed by atoms with Gasteiger partial charge in [0.1, 0.15) is 0 Å². The van der Waals surface area contributed by atoms with Crippen molar-refractivity contribution in [1.82, 2.24) is 0 Å². The molecule has 3 N–H and O–H groups in total. The quantitative estimate of drug-likeness (QED) is 0.808. The molecule has 0 amide bonds. The van der Waals surface area contributed by atoms with Crippen LogP contribution in [-0.2, 0) is 5.54 Å². The Morgan fingerprint density at radius 3 is 2.43 bits per heavy atom. The van der Waals surface area contributed by atoms with Gasteiger partial charge < -0.3 is 10.8 Å². The lowest BCUT2D eigenvalue weighted by Gasteiger charge is -2.50. The van der Waals surface area contributed by atoms with Crippen molar-refractivity contribution in [3.05, 3.63) is 34.3 Å². The minimum absolute atomic E-state index is 0.358. The van der Waals surface area contributed by atoms with Crippen molar-refractivity contribution in [3.63, 3.8) is 0 Å². The molecule has 0 heterocycles. The Labute approximate surface area is 92.3 Å². The third-order valence-electron chi connectivity index (χ3n) is 2.80. The zero-order chi connectivity index (χ0) is 10.4. The summed E-state index contributed by atoms with van der Waals surface area (Å²) in [5.41, 5.74) is 6.35. The maximum absolute atomic E-state index is 9.71. The molecule has 2 nitrogen and oxygen atoms in total. The van der Waals surface area contributed by atoms with Crippen molar-refractivity contribution in [2.45, 2.75) is 30.9 Å². The highest BCUT2D eigenvalue weighted by Crippen LogP contribution is 2.47. The van der Waals surface area contributed by atoms with Crippen molar-refractivity contribution < 1.29 is 5.11 Å². The van der Waals surface area contributed by atoms with Gasteiger partial charge in [-0.05, 0) is 31.4 Å². The Morgan fingerprint density at radius 1 is 1.36 bits per heavy atom. The van der Waals surface area contributed by atoms with Crippen LogP contribution in [0.25, 0.3) is 0 Å². The Hall–Kier alpha value is -0.380. The number of hydrogen-bond acceptors (Lipinski definition) is 2. The van der Waals surface area contributed by atoms with Crippen molar-refractivity contribution in [2.24, 2.45) is 5.73 Å². The summed E-state index contributed by atoms with van der Waals surface area (Å²) in [5, 5.41) is 9.71. The van der Waals surface area contributed by atoms with E-state index in [9.17, 15) is 5.11 Å². The van der Waals surface area contributed by atoms with Crippen molar-refractivity contribution in [1.29, 1.82) is 0 Å². The summed E-state index contributed by atoms with van der Waals surface area (Å²) in [6.07, 6.45) is 1.26. The van der Waals surface area contributed by atoms with Gasteiger partial charge in [0.25, 0.3) is 0 Å². The largest absolute Gasteiger partial charge is 0.390 e. The molecule has 1 saturated carbocycles. The predicted molar refractivity (Wildman–Crippen MR) is 59.9 cm³/mol. The fourth-order valence-corrected chi connectivity index (χ4v) is 3.04. The lowest BCUT2D eigenvalue weighted by molar-refractivity contribution is -0.0741. The Balaban J connectivity index is 2.30. The van der Waals surface area contributed by atoms with Crippen LogP contribution >= 0.6 is 15.9 Å². The molecule has 0 radical (unpaired) electrons. The first-order valence-corrected chi connectivity index (χ1v) is 5.49. The topological polar surface area (TPSA) is 46.2 Å². The van der Waals surface area contributed by atoms with E-state index in [1.165, 1.54) is 0 Å². The Morgan fingerprint density at radius 2 is 1.93 bits per heavy atom. The molecule has 0 atom stereocenters. The number of halogens is 1. The normalized spacial score (nSPS) is 36.6. The van der Waals surface area contributed by atoms with Crippen LogP contribution in [0.4, 0.5) is 0 Å². The Bertz CT molecular complexity index is 354. The van der Waals surface area contributed by atoms with E-state index in [4.69, 9.17) is 5.73 Å². The van der Waals surface area contributed by atoms with Crippen LogP contribution in [0, 0.1) is 0 Å². The SMILES string of the molecule is CC1(O)CC(N)(c2ccccc2Br)C1. The van der Waals surface area contributed by atoms with E-state index in [2.05, 4.69) is 15.9 Å². The highest BCUT2D eigenvalue weighted by atomic mass is 79.9. The molecule has 3 heteroatoms. The predicted octanol–water partition coefficient (Wildman–Crippen LogP) is 2.15. The van der Waals surface area contributed by atoms with E-state index in [1.54, 1.807) is 0 Å². The third kappa shape index (κ3) is 1.60. The maximum atomic E-state index is 9.71. The van der Waals surface area contributed by atoms with Gasteiger partial charge in [0.05, 0.1) is 5.60 Å². The number of hydrogen-bond donors (Lipinski definition) is 2. The average Bonchev–Trinajstić information content (AvgIpc) is 2.00. The summed E-state index contributed by atoms with van der Waals surface area (Å²) < 4.78 is 1.03. The molecule has 0 unspecified atom stereocenters. The van der Waals surface area contributed by atoms with Gasteiger partial charge in [-0.3, -0.25) is 0 Å². The molecule has 0 spiro atoms. The zero-order valence-electron chi connectivity index (χ0n) is 8.13. The van der Waals surface area contributed by atoms with E-state index >= 15 is 0 Å². The van der Waals surface area contributed by atoms with E-state index < -0.39 is 5.60 Å². The highest BCUT2D eigenvalue weighted by Gasteiger charge is 2.50. The molecule has 0 saturated heterocycles. The molecule has 2 rings (SSSR count). The number of aliphatic hydroxyl groups is 1. The summed E-state index contributed by atoms with van der Waals surface area (Å²) in [6, 6.07) is 7.94. The lowest BCUT2D eigenvalue weighted by atomic mass is 9.63. The standard InChI is InChI=1S/C11H14BrNO/c1-10(14)6-11(13,7-10)8-4-2-3-5-9(8)12/h2-5,14H,6-7,13H2,1H3. The Kier molecular flexibility index (Phi) is 2.21. The van der Waals surface area contributed by atoms with Crippen LogP contribution in [-0.4, -0.2) is 10.7 Å². The van der Waals surface area contributed by atoms with Crippen LogP contribution in [0.3, 0.4) is 0 Å². The second-order valence-corrected chi connectivity index (χ2v) is 5.34. The van der Waals surface area contributed by atoms with E-state index in [-0.39, 0.29) is 5.54 Å². The van der Waals surface area contributed by atoms with Crippen LogP contribution in [0.5, 0.6) is 0 Å². The second-order valence-electron chi connectivity index (χ2n) is 4.49. The zero-order valence-corrected chi connectivity index (χ0v) is 9.71. The summed E-state index contributed by atoms with van der Waals surface area (Å²) in [6.45, 7) is 1.83. The van der Waals surface area contributed by atoms with Gasteiger partial charge in [-0.1, -0.05) is 34.1 Å². The molecule has 0 aliphatic heterocycles. The van der Waals surface area contributed by atoms with Gasteiger partial charge in [-0.2, -0.15) is 0 Å². The lowest BCUT2D eigenvalue weighted by Crippen LogP contribution is -2.58. The molecule has 1 aliphatic rings. The smallest absolute Gasteiger partial charge is 0.0661 e. The van der Waals surface area contributed by atoms with Gasteiger partial charge in [-0.25, -0.2) is 0 Å². The second kappa shape index (κ2) is 3.05. The van der Waals surface area contributed by atoms with Crippen molar-refractivity contribution >= 4 is 15.9 Å². The van der Waals surface area contributed by atoms with Crippen LogP contribution in [0.15, 0.2) is 28.7 Å². The fraction of sp³-hybridized carbons (Fsp3) is 0.455. The molecule has 1 aromatic rings. The third-order valence-corrected chi connectivity index (χ3v) is 3.49. The maximum Gasteiger partial charge on any atom is 0.0661 e. The molecule has 1 aromatic carbocycles. The first-order valence-electron chi connectivity index (χ1n) is 4.69. The molecule has 0 bridgehead atoms. The molecule has 1 fully saturated rings. The van der Waals surface area contributed by atoms with Gasteiger partial charge >= 0.3 is 0 Å². The monoisotopic (exact) mass is 255 g/mol. The molecule has 1 aliphatic carbocycles. The summed E-state index contributed by atoms with van der Waals surface area (Å²) in [4.78, 5) is 0. The molecule has 14 heavy (non-hydrogen) atoms. The van der Waals surface area contributed by atoms with E-state index in [0.29, 0.717) is 12.8 Å². The van der Waals surface area contributed by atoms with Crippen LogP contribution < -0.4 is 5.73 Å². The molecule has 76 valence electrons. The van der Waals surface area contributed by atoms with Gasteiger partial charge in [0.15, 0.2) is 0 Å². The summed E-state index contributed by atoms with van der Waals surface area (Å²) in [5.74, 6) is 0. The number of rotatable bonds is 1. The van der Waals surface area contributed by atoms with Gasteiger partial charge in [0.2, 0.25) is 0 Å². The molecular formula is C11H14BrNO. The average molecular weight is 256 g/mol. The van der Waals surface area contributed by atoms with E-state index in [1.807, 2.05) is 31.2 Å². The first kappa shape index (κ1) is 10.1. The highest BCUT2D eigenvalue weighted by molar-refractivity contribution is 9.10.